The van der Waals surface area contributed by atoms with Gasteiger partial charge in [-0.2, -0.15) is 0 Å². The summed E-state index contributed by atoms with van der Waals surface area (Å²) in [6.45, 7) is 0. The molecule has 0 bridgehead atoms. The summed E-state index contributed by atoms with van der Waals surface area (Å²) in [4.78, 5) is 2.30. The standard InChI is InChI=1S/C48H33N3/c1-5-15-36(16-6-1)49(37-17-7-2-8-18-37)40-28-25-34(26-29-40)35-27-30-46-42(31-35)44-32-43-41-23-13-14-24-45(41)50(38-19-9-3-10-20-38)47(43)33-48(44)51(46)39-21-11-4-12-22-39/h1-33H. The number of anilines is 3. The SMILES string of the molecule is c1ccc(N(c2ccccc2)c2ccc(-c3ccc4c(c3)c3cc5c6ccccc6n(-c6ccccc6)c5cc3n4-c3ccccc3)cc2)cc1. The Labute approximate surface area is 296 Å². The lowest BCUT2D eigenvalue weighted by Crippen LogP contribution is -2.09. The molecular formula is C48H33N3. The third-order valence-electron chi connectivity index (χ3n) is 10.1. The molecule has 0 amide bonds. The normalized spacial score (nSPS) is 11.5. The Balaban J connectivity index is 1.17. The van der Waals surface area contributed by atoms with Crippen molar-refractivity contribution < 1.29 is 0 Å². The molecule has 240 valence electrons. The Kier molecular flexibility index (Phi) is 6.81. The van der Waals surface area contributed by atoms with Crippen molar-refractivity contribution in [3.63, 3.8) is 0 Å². The van der Waals surface area contributed by atoms with Gasteiger partial charge in [-0.3, -0.25) is 0 Å². The van der Waals surface area contributed by atoms with Gasteiger partial charge in [-0.25, -0.2) is 0 Å². The Morgan fingerprint density at radius 2 is 0.706 bits per heavy atom. The Morgan fingerprint density at radius 1 is 0.275 bits per heavy atom. The van der Waals surface area contributed by atoms with Gasteiger partial charge in [-0.1, -0.05) is 109 Å². The van der Waals surface area contributed by atoms with Crippen LogP contribution in [0.2, 0.25) is 0 Å². The minimum atomic E-state index is 1.12. The highest BCUT2D eigenvalue weighted by Gasteiger charge is 2.19. The molecule has 0 radical (unpaired) electrons. The molecule has 0 aliphatic heterocycles. The lowest BCUT2D eigenvalue weighted by molar-refractivity contribution is 1.16. The van der Waals surface area contributed by atoms with Crippen LogP contribution in [0.25, 0.3) is 66.1 Å². The van der Waals surface area contributed by atoms with Gasteiger partial charge < -0.3 is 14.0 Å². The highest BCUT2D eigenvalue weighted by atomic mass is 15.1. The fourth-order valence-electron chi connectivity index (χ4n) is 7.78. The van der Waals surface area contributed by atoms with Crippen molar-refractivity contribution in [2.75, 3.05) is 4.90 Å². The van der Waals surface area contributed by atoms with Crippen LogP contribution in [0, 0.1) is 0 Å². The monoisotopic (exact) mass is 651 g/mol. The van der Waals surface area contributed by atoms with E-state index in [0.29, 0.717) is 0 Å². The maximum Gasteiger partial charge on any atom is 0.0562 e. The molecule has 2 aromatic heterocycles. The molecule has 51 heavy (non-hydrogen) atoms. The van der Waals surface area contributed by atoms with Crippen molar-refractivity contribution in [3.8, 4) is 22.5 Å². The molecule has 0 fully saturated rings. The van der Waals surface area contributed by atoms with Crippen LogP contribution in [-0.4, -0.2) is 9.13 Å². The van der Waals surface area contributed by atoms with E-state index in [9.17, 15) is 0 Å². The van der Waals surface area contributed by atoms with Gasteiger partial charge in [0.2, 0.25) is 0 Å². The number of rotatable bonds is 6. The lowest BCUT2D eigenvalue weighted by atomic mass is 10.0. The zero-order valence-corrected chi connectivity index (χ0v) is 27.9. The lowest BCUT2D eigenvalue weighted by Gasteiger charge is -2.25. The predicted molar refractivity (Wildman–Crippen MR) is 215 cm³/mol. The average molecular weight is 652 g/mol. The summed E-state index contributed by atoms with van der Waals surface area (Å²) in [6, 6.07) is 72.0. The van der Waals surface area contributed by atoms with Gasteiger partial charge in [-0.15, -0.1) is 0 Å². The Hall–Kier alpha value is -6.84. The summed E-state index contributed by atoms with van der Waals surface area (Å²) in [7, 11) is 0. The summed E-state index contributed by atoms with van der Waals surface area (Å²) >= 11 is 0. The molecule has 10 aromatic rings. The summed E-state index contributed by atoms with van der Waals surface area (Å²) in [6.07, 6.45) is 0. The van der Waals surface area contributed by atoms with Crippen LogP contribution in [0.1, 0.15) is 0 Å². The minimum Gasteiger partial charge on any atom is -0.311 e. The van der Waals surface area contributed by atoms with Crippen LogP contribution in [0.4, 0.5) is 17.1 Å². The summed E-state index contributed by atoms with van der Waals surface area (Å²) in [5.41, 5.74) is 12.9. The van der Waals surface area contributed by atoms with Crippen molar-refractivity contribution in [1.29, 1.82) is 0 Å². The largest absolute Gasteiger partial charge is 0.311 e. The van der Waals surface area contributed by atoms with E-state index in [1.54, 1.807) is 0 Å². The van der Waals surface area contributed by atoms with E-state index < -0.39 is 0 Å². The van der Waals surface area contributed by atoms with Crippen molar-refractivity contribution in [2.45, 2.75) is 0 Å². The highest BCUT2D eigenvalue weighted by Crippen LogP contribution is 2.41. The van der Waals surface area contributed by atoms with Crippen molar-refractivity contribution in [1.82, 2.24) is 9.13 Å². The summed E-state index contributed by atoms with van der Waals surface area (Å²) in [5.74, 6) is 0. The second-order valence-corrected chi connectivity index (χ2v) is 13.0. The van der Waals surface area contributed by atoms with E-state index in [-0.39, 0.29) is 0 Å². The third kappa shape index (κ3) is 4.82. The first kappa shape index (κ1) is 29.1. The molecule has 0 aliphatic rings. The number of fused-ring (bicyclic) bond motifs is 6. The topological polar surface area (TPSA) is 13.1 Å². The second kappa shape index (κ2) is 11.9. The van der Waals surface area contributed by atoms with Crippen LogP contribution in [0.15, 0.2) is 200 Å². The van der Waals surface area contributed by atoms with Gasteiger partial charge in [-0.05, 0) is 102 Å². The van der Waals surface area contributed by atoms with Crippen molar-refractivity contribution in [2.24, 2.45) is 0 Å². The molecule has 3 nitrogen and oxygen atoms in total. The molecule has 0 atom stereocenters. The summed E-state index contributed by atoms with van der Waals surface area (Å²) < 4.78 is 4.82. The second-order valence-electron chi connectivity index (χ2n) is 13.0. The van der Waals surface area contributed by atoms with E-state index >= 15 is 0 Å². The Bertz CT molecular complexity index is 2780. The van der Waals surface area contributed by atoms with Gasteiger partial charge >= 0.3 is 0 Å². The third-order valence-corrected chi connectivity index (χ3v) is 10.1. The van der Waals surface area contributed by atoms with E-state index in [0.717, 1.165) is 28.4 Å². The number of benzene rings is 8. The smallest absolute Gasteiger partial charge is 0.0562 e. The van der Waals surface area contributed by atoms with Crippen molar-refractivity contribution >= 4 is 60.7 Å². The quantitative estimate of drug-likeness (QED) is 0.174. The average Bonchev–Trinajstić information content (AvgIpc) is 3.70. The molecule has 0 saturated carbocycles. The van der Waals surface area contributed by atoms with Gasteiger partial charge in [0.05, 0.1) is 22.1 Å². The van der Waals surface area contributed by atoms with Crippen LogP contribution in [0.3, 0.4) is 0 Å². The highest BCUT2D eigenvalue weighted by molar-refractivity contribution is 6.19. The zero-order valence-electron chi connectivity index (χ0n) is 27.9. The van der Waals surface area contributed by atoms with Crippen LogP contribution in [-0.2, 0) is 0 Å². The fraction of sp³-hybridized carbons (Fsp3) is 0. The van der Waals surface area contributed by atoms with E-state index in [2.05, 4.69) is 214 Å². The minimum absolute atomic E-state index is 1.12. The molecule has 10 rings (SSSR count). The number of nitrogens with zero attached hydrogens (tertiary/aromatic N) is 3. The molecule has 2 heterocycles. The number of hydrogen-bond donors (Lipinski definition) is 0. The van der Waals surface area contributed by atoms with Crippen LogP contribution in [0.5, 0.6) is 0 Å². The van der Waals surface area contributed by atoms with Gasteiger partial charge in [0.1, 0.15) is 0 Å². The van der Waals surface area contributed by atoms with Crippen LogP contribution < -0.4 is 4.90 Å². The van der Waals surface area contributed by atoms with Gasteiger partial charge in [0.25, 0.3) is 0 Å². The zero-order chi connectivity index (χ0) is 33.7. The Morgan fingerprint density at radius 3 is 1.29 bits per heavy atom. The molecule has 0 N–H and O–H groups in total. The predicted octanol–water partition coefficient (Wildman–Crippen LogP) is 13.0. The first-order valence-corrected chi connectivity index (χ1v) is 17.4. The molecule has 8 aromatic carbocycles. The molecule has 0 saturated heterocycles. The van der Waals surface area contributed by atoms with E-state index in [4.69, 9.17) is 0 Å². The fourth-order valence-corrected chi connectivity index (χ4v) is 7.78. The molecule has 3 heteroatoms. The van der Waals surface area contributed by atoms with E-state index in [1.165, 1.54) is 54.7 Å². The van der Waals surface area contributed by atoms with Gasteiger partial charge in [0.15, 0.2) is 0 Å². The maximum atomic E-state index is 2.42. The van der Waals surface area contributed by atoms with Crippen molar-refractivity contribution in [3.05, 3.63) is 200 Å². The van der Waals surface area contributed by atoms with Gasteiger partial charge in [0, 0.05) is 50.0 Å². The number of aromatic nitrogens is 2. The number of hydrogen-bond acceptors (Lipinski definition) is 1. The summed E-state index contributed by atoms with van der Waals surface area (Å²) in [5, 5.41) is 5.00. The first-order chi connectivity index (χ1) is 25.3. The van der Waals surface area contributed by atoms with E-state index in [1.807, 2.05) is 0 Å². The molecule has 0 unspecified atom stereocenters. The molecule has 0 spiro atoms. The molecule has 0 aliphatic carbocycles. The maximum absolute atomic E-state index is 2.42. The van der Waals surface area contributed by atoms with Crippen LogP contribution >= 0.6 is 0 Å². The number of para-hydroxylation sites is 5. The molecular weight excluding hydrogens is 619 g/mol. The first-order valence-electron chi connectivity index (χ1n) is 17.4.